The number of hydrogen-bond acceptors (Lipinski definition) is 1. The summed E-state index contributed by atoms with van der Waals surface area (Å²) in [5, 5.41) is 3.77. The van der Waals surface area contributed by atoms with Gasteiger partial charge in [-0.05, 0) is 24.6 Å². The number of carbonyl (C=O) groups excluding carboxylic acids is 1. The van der Waals surface area contributed by atoms with E-state index in [1.54, 1.807) is 18.2 Å². The van der Waals surface area contributed by atoms with Crippen molar-refractivity contribution in [2.24, 2.45) is 0 Å². The molecule has 1 atom stereocenters. The van der Waals surface area contributed by atoms with Gasteiger partial charge in [0.2, 0.25) is 6.41 Å². The molecule has 2 nitrogen and oxygen atoms in total. The summed E-state index contributed by atoms with van der Waals surface area (Å²) in [7, 11) is 0. The molecule has 0 fully saturated rings. The monoisotopic (exact) mass is 217 g/mol. The first-order valence-electron chi connectivity index (χ1n) is 3.80. The van der Waals surface area contributed by atoms with Crippen molar-refractivity contribution in [3.63, 3.8) is 0 Å². The Kier molecular flexibility index (Phi) is 3.58. The standard InChI is InChI=1S/C9H9Cl2NO/c1-6(12-5-13)8-3-2-7(10)4-9(8)11/h2-6H,1H3,(H,12,13)/t6-/m0/s1. The highest BCUT2D eigenvalue weighted by atomic mass is 35.5. The summed E-state index contributed by atoms with van der Waals surface area (Å²) >= 11 is 11.6. The van der Waals surface area contributed by atoms with Crippen LogP contribution in [0.5, 0.6) is 0 Å². The van der Waals surface area contributed by atoms with Crippen molar-refractivity contribution in [1.29, 1.82) is 0 Å². The van der Waals surface area contributed by atoms with Gasteiger partial charge in [-0.3, -0.25) is 4.79 Å². The Labute approximate surface area is 86.8 Å². The lowest BCUT2D eigenvalue weighted by Gasteiger charge is -2.12. The third kappa shape index (κ3) is 2.61. The number of carbonyl (C=O) groups is 1. The summed E-state index contributed by atoms with van der Waals surface area (Å²) in [6, 6.07) is 5.10. The fourth-order valence-corrected chi connectivity index (χ4v) is 1.62. The van der Waals surface area contributed by atoms with Crippen molar-refractivity contribution in [2.75, 3.05) is 0 Å². The van der Waals surface area contributed by atoms with Crippen LogP contribution in [0.25, 0.3) is 0 Å². The number of amides is 1. The number of nitrogens with one attached hydrogen (secondary N) is 1. The molecule has 0 bridgehead atoms. The van der Waals surface area contributed by atoms with Crippen molar-refractivity contribution < 1.29 is 4.79 Å². The van der Waals surface area contributed by atoms with Crippen LogP contribution in [-0.4, -0.2) is 6.41 Å². The van der Waals surface area contributed by atoms with E-state index in [1.807, 2.05) is 6.92 Å². The smallest absolute Gasteiger partial charge is 0.207 e. The normalized spacial score (nSPS) is 12.2. The van der Waals surface area contributed by atoms with Gasteiger partial charge in [0.25, 0.3) is 0 Å². The molecule has 1 amide bonds. The molecule has 1 rings (SSSR count). The average molecular weight is 218 g/mol. The zero-order valence-corrected chi connectivity index (χ0v) is 8.56. The van der Waals surface area contributed by atoms with Gasteiger partial charge >= 0.3 is 0 Å². The summed E-state index contributed by atoms with van der Waals surface area (Å²) in [4.78, 5) is 10.2. The number of hydrogen-bond donors (Lipinski definition) is 1. The lowest BCUT2D eigenvalue weighted by Crippen LogP contribution is -2.16. The number of rotatable bonds is 3. The van der Waals surface area contributed by atoms with E-state index in [9.17, 15) is 4.79 Å². The van der Waals surface area contributed by atoms with E-state index in [-0.39, 0.29) is 6.04 Å². The third-order valence-electron chi connectivity index (χ3n) is 1.75. The van der Waals surface area contributed by atoms with E-state index >= 15 is 0 Å². The fraction of sp³-hybridized carbons (Fsp3) is 0.222. The minimum absolute atomic E-state index is 0.0951. The maximum atomic E-state index is 10.2. The molecule has 0 spiro atoms. The third-order valence-corrected chi connectivity index (χ3v) is 2.31. The molecule has 0 aliphatic rings. The molecule has 0 radical (unpaired) electrons. The molecule has 0 aliphatic heterocycles. The van der Waals surface area contributed by atoms with Gasteiger partial charge in [0.15, 0.2) is 0 Å². The molecule has 1 aromatic carbocycles. The fourth-order valence-electron chi connectivity index (χ4n) is 1.04. The summed E-state index contributed by atoms with van der Waals surface area (Å²) < 4.78 is 0. The predicted octanol–water partition coefficient (Wildman–Crippen LogP) is 2.80. The molecule has 0 saturated heterocycles. The van der Waals surface area contributed by atoms with Crippen molar-refractivity contribution in [2.45, 2.75) is 13.0 Å². The van der Waals surface area contributed by atoms with Crippen LogP contribution in [0, 0.1) is 0 Å². The molecular weight excluding hydrogens is 209 g/mol. The molecule has 0 aliphatic carbocycles. The van der Waals surface area contributed by atoms with Crippen molar-refractivity contribution in [3.8, 4) is 0 Å². The molecule has 0 aromatic heterocycles. The topological polar surface area (TPSA) is 29.1 Å². The summed E-state index contributed by atoms with van der Waals surface area (Å²) in [6.07, 6.45) is 0.648. The second kappa shape index (κ2) is 4.49. The van der Waals surface area contributed by atoms with Crippen LogP contribution in [0.1, 0.15) is 18.5 Å². The van der Waals surface area contributed by atoms with Crippen LogP contribution in [0.4, 0.5) is 0 Å². The minimum atomic E-state index is -0.0951. The second-order valence-electron chi connectivity index (χ2n) is 2.67. The first-order valence-corrected chi connectivity index (χ1v) is 4.55. The molecule has 0 saturated carbocycles. The SMILES string of the molecule is C[C@H](NC=O)c1ccc(Cl)cc1Cl. The predicted molar refractivity (Wildman–Crippen MR) is 54.1 cm³/mol. The molecule has 13 heavy (non-hydrogen) atoms. The Bertz CT molecular complexity index is 314. The molecule has 1 aromatic rings. The molecule has 70 valence electrons. The van der Waals surface area contributed by atoms with Gasteiger partial charge < -0.3 is 5.32 Å². The van der Waals surface area contributed by atoms with Crippen LogP contribution < -0.4 is 5.32 Å². The van der Waals surface area contributed by atoms with Crippen molar-refractivity contribution in [1.82, 2.24) is 5.32 Å². The Morgan fingerprint density at radius 3 is 2.69 bits per heavy atom. The first kappa shape index (κ1) is 10.4. The van der Waals surface area contributed by atoms with Crippen LogP contribution in [0.15, 0.2) is 18.2 Å². The largest absolute Gasteiger partial charge is 0.352 e. The van der Waals surface area contributed by atoms with Gasteiger partial charge in [-0.2, -0.15) is 0 Å². The average Bonchev–Trinajstić information content (AvgIpc) is 2.04. The maximum absolute atomic E-state index is 10.2. The number of halogens is 2. The molecule has 4 heteroatoms. The Morgan fingerprint density at radius 1 is 1.46 bits per heavy atom. The highest BCUT2D eigenvalue weighted by molar-refractivity contribution is 6.35. The van der Waals surface area contributed by atoms with E-state index < -0.39 is 0 Å². The van der Waals surface area contributed by atoms with Crippen LogP contribution in [-0.2, 0) is 4.79 Å². The highest BCUT2D eigenvalue weighted by Crippen LogP contribution is 2.25. The maximum Gasteiger partial charge on any atom is 0.207 e. The van der Waals surface area contributed by atoms with Crippen LogP contribution in [0.3, 0.4) is 0 Å². The zero-order chi connectivity index (χ0) is 9.84. The van der Waals surface area contributed by atoms with Gasteiger partial charge in [0.05, 0.1) is 6.04 Å². The first-order chi connectivity index (χ1) is 6.15. The summed E-state index contributed by atoms with van der Waals surface area (Å²) in [6.45, 7) is 1.85. The van der Waals surface area contributed by atoms with Crippen LogP contribution in [0.2, 0.25) is 10.0 Å². The van der Waals surface area contributed by atoms with E-state index in [0.717, 1.165) is 5.56 Å². The molecule has 0 unspecified atom stereocenters. The molecule has 1 N–H and O–H groups in total. The van der Waals surface area contributed by atoms with Gasteiger partial charge in [-0.1, -0.05) is 29.3 Å². The second-order valence-corrected chi connectivity index (χ2v) is 3.52. The zero-order valence-electron chi connectivity index (χ0n) is 7.05. The van der Waals surface area contributed by atoms with Crippen molar-refractivity contribution in [3.05, 3.63) is 33.8 Å². The van der Waals surface area contributed by atoms with Crippen LogP contribution >= 0.6 is 23.2 Å². The van der Waals surface area contributed by atoms with Gasteiger partial charge in [-0.15, -0.1) is 0 Å². The Morgan fingerprint density at radius 2 is 2.15 bits per heavy atom. The van der Waals surface area contributed by atoms with Gasteiger partial charge in [-0.25, -0.2) is 0 Å². The van der Waals surface area contributed by atoms with E-state index in [4.69, 9.17) is 23.2 Å². The Hall–Kier alpha value is -0.730. The van der Waals surface area contributed by atoms with Gasteiger partial charge in [0.1, 0.15) is 0 Å². The lowest BCUT2D eigenvalue weighted by atomic mass is 10.1. The van der Waals surface area contributed by atoms with Gasteiger partial charge in [0, 0.05) is 10.0 Å². The quantitative estimate of drug-likeness (QED) is 0.776. The molecular formula is C9H9Cl2NO. The number of benzene rings is 1. The van der Waals surface area contributed by atoms with Crippen molar-refractivity contribution >= 4 is 29.6 Å². The minimum Gasteiger partial charge on any atom is -0.352 e. The highest BCUT2D eigenvalue weighted by Gasteiger charge is 2.08. The van der Waals surface area contributed by atoms with E-state index in [1.165, 1.54) is 0 Å². The lowest BCUT2D eigenvalue weighted by molar-refractivity contribution is -0.110. The van der Waals surface area contributed by atoms with E-state index in [0.29, 0.717) is 16.5 Å². The summed E-state index contributed by atoms with van der Waals surface area (Å²) in [5.41, 5.74) is 0.859. The summed E-state index contributed by atoms with van der Waals surface area (Å²) in [5.74, 6) is 0. The molecule has 0 heterocycles. The van der Waals surface area contributed by atoms with E-state index in [2.05, 4.69) is 5.32 Å². The Balaban J connectivity index is 2.94.